The first-order valence-corrected chi connectivity index (χ1v) is 12.1. The Labute approximate surface area is 219 Å². The van der Waals surface area contributed by atoms with Crippen LogP contribution in [0.1, 0.15) is 16.8 Å². The molecule has 4 aromatic rings. The topological polar surface area (TPSA) is 73.9 Å². The molecule has 1 fully saturated rings. The number of carbonyl (C=O) groups excluding carboxylic acids is 1. The zero-order chi connectivity index (χ0) is 27.9. The first-order chi connectivity index (χ1) is 18.5. The number of imidazole rings is 1. The summed E-state index contributed by atoms with van der Waals surface area (Å²) >= 11 is 0. The highest BCUT2D eigenvalue weighted by Gasteiger charge is 2.44. The molecule has 0 aliphatic carbocycles. The van der Waals surface area contributed by atoms with Crippen molar-refractivity contribution in [2.75, 3.05) is 19.6 Å². The second-order valence-electron chi connectivity index (χ2n) is 9.39. The summed E-state index contributed by atoms with van der Waals surface area (Å²) in [6, 6.07) is 5.39. The lowest BCUT2D eigenvalue weighted by molar-refractivity contribution is -0.211. The van der Waals surface area contributed by atoms with Gasteiger partial charge in [0.05, 0.1) is 29.7 Å². The number of carbonyl (C=O) groups is 1. The standard InChI is InChI=1S/C26H24F5N5O3/c1-15-8-22(38-14-19-20(27)4-3-5-21(19)28)24-33-16(2)23(36(24)10-15)17-9-32-35(11-17)7-6-34-12-18(13-34)39-25(37)26(29,30)31/h3-5,8-11,18H,6-7,12-14H2,1-2H3. The molecule has 1 aromatic carbocycles. The summed E-state index contributed by atoms with van der Waals surface area (Å²) < 4.78 is 78.9. The molecule has 0 atom stereocenters. The highest BCUT2D eigenvalue weighted by molar-refractivity contribution is 5.75. The summed E-state index contributed by atoms with van der Waals surface area (Å²) in [5, 5.41) is 4.39. The average molecular weight is 550 g/mol. The molecule has 0 unspecified atom stereocenters. The number of alkyl halides is 3. The van der Waals surface area contributed by atoms with Crippen LogP contribution in [0.15, 0.2) is 42.9 Å². The molecule has 0 N–H and O–H groups in total. The zero-order valence-corrected chi connectivity index (χ0v) is 21.0. The first kappa shape index (κ1) is 26.6. The van der Waals surface area contributed by atoms with Crippen LogP contribution in [0.4, 0.5) is 22.0 Å². The van der Waals surface area contributed by atoms with Gasteiger partial charge in [0.25, 0.3) is 0 Å². The number of nitrogens with zero attached hydrogens (tertiary/aromatic N) is 5. The lowest BCUT2D eigenvalue weighted by atomic mass is 10.1. The van der Waals surface area contributed by atoms with E-state index < -0.39 is 29.9 Å². The Morgan fingerprint density at radius 2 is 1.82 bits per heavy atom. The molecule has 1 saturated heterocycles. The van der Waals surface area contributed by atoms with Crippen LogP contribution in [-0.2, 0) is 22.7 Å². The van der Waals surface area contributed by atoms with E-state index in [1.54, 1.807) is 16.9 Å². The van der Waals surface area contributed by atoms with E-state index in [9.17, 15) is 26.7 Å². The van der Waals surface area contributed by atoms with Crippen LogP contribution >= 0.6 is 0 Å². The Kier molecular flexibility index (Phi) is 7.02. The highest BCUT2D eigenvalue weighted by atomic mass is 19.4. The van der Waals surface area contributed by atoms with E-state index in [2.05, 4.69) is 14.8 Å². The molecule has 8 nitrogen and oxygen atoms in total. The first-order valence-electron chi connectivity index (χ1n) is 12.1. The molecule has 0 bridgehead atoms. The van der Waals surface area contributed by atoms with Crippen molar-refractivity contribution in [1.82, 2.24) is 24.1 Å². The maximum Gasteiger partial charge on any atom is 0.490 e. The van der Waals surface area contributed by atoms with Gasteiger partial charge < -0.3 is 9.47 Å². The lowest BCUT2D eigenvalue weighted by Gasteiger charge is -2.38. The fraction of sp³-hybridized carbons (Fsp3) is 0.346. The smallest absolute Gasteiger partial charge is 0.485 e. The van der Waals surface area contributed by atoms with Crippen molar-refractivity contribution in [3.8, 4) is 17.0 Å². The third-order valence-corrected chi connectivity index (χ3v) is 6.41. The molecule has 0 radical (unpaired) electrons. The number of aryl methyl sites for hydroxylation is 2. The van der Waals surface area contributed by atoms with Gasteiger partial charge in [-0.25, -0.2) is 18.6 Å². The molecule has 206 valence electrons. The second kappa shape index (κ2) is 10.3. The number of ether oxygens (including phenoxy) is 2. The number of benzene rings is 1. The Morgan fingerprint density at radius 3 is 2.51 bits per heavy atom. The van der Waals surface area contributed by atoms with E-state index in [4.69, 9.17) is 4.74 Å². The number of fused-ring (bicyclic) bond motifs is 1. The van der Waals surface area contributed by atoms with Gasteiger partial charge in [-0.3, -0.25) is 14.0 Å². The van der Waals surface area contributed by atoms with Crippen molar-refractivity contribution in [2.45, 2.75) is 39.3 Å². The molecule has 39 heavy (non-hydrogen) atoms. The molecule has 0 spiro atoms. The van der Waals surface area contributed by atoms with Crippen molar-refractivity contribution in [2.24, 2.45) is 0 Å². The van der Waals surface area contributed by atoms with E-state index in [0.29, 0.717) is 30.2 Å². The Bertz CT molecular complexity index is 1500. The molecular formula is C26H24F5N5O3. The quantitative estimate of drug-likeness (QED) is 0.239. The van der Waals surface area contributed by atoms with Gasteiger partial charge in [0.1, 0.15) is 24.3 Å². The fourth-order valence-corrected chi connectivity index (χ4v) is 4.48. The third-order valence-electron chi connectivity index (χ3n) is 6.41. The zero-order valence-electron chi connectivity index (χ0n) is 21.0. The largest absolute Gasteiger partial charge is 0.490 e. The Hall–Kier alpha value is -4.00. The van der Waals surface area contributed by atoms with Gasteiger partial charge in [-0.1, -0.05) is 6.07 Å². The molecule has 0 amide bonds. The number of rotatable bonds is 8. The number of aromatic nitrogens is 4. The molecule has 5 rings (SSSR count). The number of esters is 1. The van der Waals surface area contributed by atoms with Crippen LogP contribution < -0.4 is 4.74 Å². The van der Waals surface area contributed by atoms with E-state index >= 15 is 0 Å². The van der Waals surface area contributed by atoms with Gasteiger partial charge in [0, 0.05) is 37.6 Å². The van der Waals surface area contributed by atoms with Gasteiger partial charge in [-0.15, -0.1) is 0 Å². The molecule has 4 heterocycles. The SMILES string of the molecule is Cc1cc(OCc2c(F)cccc2F)c2nc(C)c(-c3cnn(CCN4CC(OC(=O)C(F)(F)F)C4)c3)n2c1. The Balaban J connectivity index is 1.27. The molecular weight excluding hydrogens is 525 g/mol. The van der Waals surface area contributed by atoms with Crippen LogP contribution in [-0.4, -0.2) is 61.9 Å². The number of pyridine rings is 1. The van der Waals surface area contributed by atoms with Crippen LogP contribution in [0.5, 0.6) is 5.75 Å². The summed E-state index contributed by atoms with van der Waals surface area (Å²) in [5.74, 6) is -3.18. The predicted molar refractivity (Wildman–Crippen MR) is 129 cm³/mol. The second-order valence-corrected chi connectivity index (χ2v) is 9.39. The predicted octanol–water partition coefficient (Wildman–Crippen LogP) is 4.46. The summed E-state index contributed by atoms with van der Waals surface area (Å²) in [6.07, 6.45) is -0.387. The van der Waals surface area contributed by atoms with E-state index in [1.165, 1.54) is 18.2 Å². The summed E-state index contributed by atoms with van der Waals surface area (Å²) in [7, 11) is 0. The van der Waals surface area contributed by atoms with Gasteiger partial charge in [-0.2, -0.15) is 18.3 Å². The van der Waals surface area contributed by atoms with Gasteiger partial charge >= 0.3 is 12.1 Å². The monoisotopic (exact) mass is 549 g/mol. The van der Waals surface area contributed by atoms with Gasteiger partial charge in [0.15, 0.2) is 11.4 Å². The maximum absolute atomic E-state index is 14.1. The van der Waals surface area contributed by atoms with Crippen LogP contribution in [0, 0.1) is 25.5 Å². The van der Waals surface area contributed by atoms with Crippen molar-refractivity contribution in [3.05, 3.63) is 71.3 Å². The normalized spacial score (nSPS) is 14.5. The number of halogens is 5. The average Bonchev–Trinajstić information content (AvgIpc) is 3.42. The van der Waals surface area contributed by atoms with Crippen LogP contribution in [0.25, 0.3) is 16.9 Å². The molecule has 1 aliphatic rings. The fourth-order valence-electron chi connectivity index (χ4n) is 4.48. The summed E-state index contributed by atoms with van der Waals surface area (Å²) in [6.45, 7) is 4.82. The molecule has 1 aliphatic heterocycles. The van der Waals surface area contributed by atoms with Crippen molar-refractivity contribution in [3.63, 3.8) is 0 Å². The minimum atomic E-state index is -5.00. The van der Waals surface area contributed by atoms with Crippen molar-refractivity contribution >= 4 is 11.6 Å². The number of likely N-dealkylation sites (tertiary alicyclic amines) is 1. The van der Waals surface area contributed by atoms with E-state index in [1.807, 2.05) is 35.5 Å². The molecule has 3 aromatic heterocycles. The van der Waals surface area contributed by atoms with Gasteiger partial charge in [-0.05, 0) is 37.6 Å². The Morgan fingerprint density at radius 1 is 1.10 bits per heavy atom. The summed E-state index contributed by atoms with van der Waals surface area (Å²) in [4.78, 5) is 17.4. The maximum atomic E-state index is 14.1. The van der Waals surface area contributed by atoms with Crippen molar-refractivity contribution < 1.29 is 36.2 Å². The number of hydrogen-bond acceptors (Lipinski definition) is 6. The lowest BCUT2D eigenvalue weighted by Crippen LogP contribution is -2.54. The van der Waals surface area contributed by atoms with Crippen molar-refractivity contribution in [1.29, 1.82) is 0 Å². The van der Waals surface area contributed by atoms with E-state index in [-0.39, 0.29) is 25.3 Å². The highest BCUT2D eigenvalue weighted by Crippen LogP contribution is 2.31. The summed E-state index contributed by atoms with van der Waals surface area (Å²) in [5.41, 5.74) is 3.39. The molecule has 13 heteroatoms. The van der Waals surface area contributed by atoms with E-state index in [0.717, 1.165) is 16.8 Å². The van der Waals surface area contributed by atoms with Crippen LogP contribution in [0.2, 0.25) is 0 Å². The van der Waals surface area contributed by atoms with Crippen LogP contribution in [0.3, 0.4) is 0 Å². The minimum absolute atomic E-state index is 0.172. The third kappa shape index (κ3) is 5.58. The molecule has 0 saturated carbocycles. The minimum Gasteiger partial charge on any atom is -0.485 e. The van der Waals surface area contributed by atoms with Gasteiger partial charge in [0.2, 0.25) is 0 Å². The number of hydrogen-bond donors (Lipinski definition) is 0.